The number of rotatable bonds is 5. The Morgan fingerprint density at radius 3 is 2.45 bits per heavy atom. The Balaban J connectivity index is 1.84. The molecule has 4 heteroatoms. The molecule has 0 N–H and O–H groups in total. The van der Waals surface area contributed by atoms with Gasteiger partial charge in [-0.2, -0.15) is 0 Å². The normalized spacial score (nSPS) is 12.3. The van der Waals surface area contributed by atoms with Gasteiger partial charge in [0.1, 0.15) is 5.82 Å². The SMILES string of the molecule is CSc1ccc(-c2nccn2C(C)Cc2ccncc2)cc1. The molecule has 1 unspecified atom stereocenters. The standard InChI is InChI=1S/C18H19N3S/c1-14(13-15-7-9-19-10-8-15)21-12-11-20-18(21)16-3-5-17(22-2)6-4-16/h3-12,14H,13H2,1-2H3. The quantitative estimate of drug-likeness (QED) is 0.651. The number of aromatic nitrogens is 3. The molecule has 3 rings (SSSR count). The lowest BCUT2D eigenvalue weighted by Crippen LogP contribution is -2.09. The molecule has 0 bridgehead atoms. The van der Waals surface area contributed by atoms with Crippen molar-refractivity contribution in [2.45, 2.75) is 24.3 Å². The van der Waals surface area contributed by atoms with Crippen molar-refractivity contribution in [2.24, 2.45) is 0 Å². The highest BCUT2D eigenvalue weighted by atomic mass is 32.2. The molecular formula is C18H19N3S. The molecule has 1 atom stereocenters. The van der Waals surface area contributed by atoms with Crippen LogP contribution < -0.4 is 0 Å². The van der Waals surface area contributed by atoms with Crippen LogP contribution in [-0.4, -0.2) is 20.8 Å². The number of nitrogens with zero attached hydrogens (tertiary/aromatic N) is 3. The van der Waals surface area contributed by atoms with E-state index < -0.39 is 0 Å². The molecule has 0 radical (unpaired) electrons. The van der Waals surface area contributed by atoms with Gasteiger partial charge in [0.2, 0.25) is 0 Å². The molecule has 2 heterocycles. The summed E-state index contributed by atoms with van der Waals surface area (Å²) in [7, 11) is 0. The molecule has 2 aromatic heterocycles. The highest BCUT2D eigenvalue weighted by Crippen LogP contribution is 2.25. The lowest BCUT2D eigenvalue weighted by atomic mass is 10.1. The Labute approximate surface area is 135 Å². The summed E-state index contributed by atoms with van der Waals surface area (Å²) in [5, 5.41) is 0. The Morgan fingerprint density at radius 2 is 1.77 bits per heavy atom. The Bertz CT molecular complexity index is 720. The minimum absolute atomic E-state index is 0.347. The van der Waals surface area contributed by atoms with E-state index in [1.165, 1.54) is 10.5 Å². The molecule has 0 aliphatic carbocycles. The van der Waals surface area contributed by atoms with Crippen LogP contribution in [0, 0.1) is 0 Å². The lowest BCUT2D eigenvalue weighted by molar-refractivity contribution is 0.549. The maximum atomic E-state index is 4.55. The summed E-state index contributed by atoms with van der Waals surface area (Å²) >= 11 is 1.75. The van der Waals surface area contributed by atoms with E-state index in [1.807, 2.05) is 18.6 Å². The first kappa shape index (κ1) is 14.9. The molecule has 3 nitrogen and oxygen atoms in total. The summed E-state index contributed by atoms with van der Waals surface area (Å²) in [6, 6.07) is 13.1. The topological polar surface area (TPSA) is 30.7 Å². The van der Waals surface area contributed by atoms with Gasteiger partial charge in [-0.1, -0.05) is 12.1 Å². The fourth-order valence-corrected chi connectivity index (χ4v) is 3.00. The van der Waals surface area contributed by atoms with Gasteiger partial charge in [-0.3, -0.25) is 4.98 Å². The van der Waals surface area contributed by atoms with Gasteiger partial charge in [0.05, 0.1) is 0 Å². The maximum absolute atomic E-state index is 4.55. The molecular weight excluding hydrogens is 290 g/mol. The lowest BCUT2D eigenvalue weighted by Gasteiger charge is -2.16. The highest BCUT2D eigenvalue weighted by Gasteiger charge is 2.12. The fourth-order valence-electron chi connectivity index (χ4n) is 2.59. The third kappa shape index (κ3) is 3.22. The van der Waals surface area contributed by atoms with Crippen LogP contribution in [0.5, 0.6) is 0 Å². The van der Waals surface area contributed by atoms with Gasteiger partial charge in [-0.05, 0) is 49.4 Å². The highest BCUT2D eigenvalue weighted by molar-refractivity contribution is 7.98. The van der Waals surface area contributed by atoms with Crippen molar-refractivity contribution in [1.29, 1.82) is 0 Å². The summed E-state index contributed by atoms with van der Waals surface area (Å²) in [6.45, 7) is 2.22. The van der Waals surface area contributed by atoms with Crippen molar-refractivity contribution in [1.82, 2.24) is 14.5 Å². The molecule has 3 aromatic rings. The van der Waals surface area contributed by atoms with E-state index in [-0.39, 0.29) is 0 Å². The average Bonchev–Trinajstić information content (AvgIpc) is 3.05. The molecule has 0 saturated carbocycles. The molecule has 112 valence electrons. The van der Waals surface area contributed by atoms with Gasteiger partial charge in [0, 0.05) is 41.3 Å². The second-order valence-electron chi connectivity index (χ2n) is 5.30. The molecule has 0 aliphatic heterocycles. The number of hydrogen-bond acceptors (Lipinski definition) is 3. The molecule has 0 fully saturated rings. The van der Waals surface area contributed by atoms with E-state index in [2.05, 4.69) is 70.3 Å². The number of benzene rings is 1. The summed E-state index contributed by atoms with van der Waals surface area (Å²) in [4.78, 5) is 9.89. The van der Waals surface area contributed by atoms with Crippen LogP contribution in [0.15, 0.2) is 66.1 Å². The van der Waals surface area contributed by atoms with Crippen LogP contribution >= 0.6 is 11.8 Å². The molecule has 0 aliphatic rings. The van der Waals surface area contributed by atoms with E-state index in [0.717, 1.165) is 17.8 Å². The van der Waals surface area contributed by atoms with E-state index in [9.17, 15) is 0 Å². The van der Waals surface area contributed by atoms with Crippen molar-refractivity contribution in [3.63, 3.8) is 0 Å². The van der Waals surface area contributed by atoms with E-state index in [1.54, 1.807) is 11.8 Å². The average molecular weight is 309 g/mol. The Hall–Kier alpha value is -2.07. The fraction of sp³-hybridized carbons (Fsp3) is 0.222. The van der Waals surface area contributed by atoms with Crippen LogP contribution in [0.2, 0.25) is 0 Å². The maximum Gasteiger partial charge on any atom is 0.140 e. The first-order valence-electron chi connectivity index (χ1n) is 7.34. The second kappa shape index (κ2) is 6.79. The first-order chi connectivity index (χ1) is 10.8. The van der Waals surface area contributed by atoms with E-state index in [4.69, 9.17) is 0 Å². The molecule has 1 aromatic carbocycles. The third-order valence-corrected chi connectivity index (χ3v) is 4.52. The minimum atomic E-state index is 0.347. The molecule has 0 spiro atoms. The second-order valence-corrected chi connectivity index (χ2v) is 6.17. The third-order valence-electron chi connectivity index (χ3n) is 3.77. The zero-order valence-corrected chi connectivity index (χ0v) is 13.6. The summed E-state index contributed by atoms with van der Waals surface area (Å²) in [6.07, 6.45) is 10.7. The van der Waals surface area contributed by atoms with E-state index >= 15 is 0 Å². The zero-order chi connectivity index (χ0) is 15.4. The van der Waals surface area contributed by atoms with Crippen LogP contribution in [0.1, 0.15) is 18.5 Å². The van der Waals surface area contributed by atoms with Crippen molar-refractivity contribution in [3.05, 3.63) is 66.7 Å². The Kier molecular flexibility index (Phi) is 4.59. The van der Waals surface area contributed by atoms with E-state index in [0.29, 0.717) is 6.04 Å². The van der Waals surface area contributed by atoms with Gasteiger partial charge < -0.3 is 4.57 Å². The van der Waals surface area contributed by atoms with Gasteiger partial charge in [-0.25, -0.2) is 4.98 Å². The number of pyridine rings is 1. The Morgan fingerprint density at radius 1 is 1.05 bits per heavy atom. The summed E-state index contributed by atoms with van der Waals surface area (Å²) in [5.74, 6) is 1.02. The molecule has 0 amide bonds. The van der Waals surface area contributed by atoms with Crippen molar-refractivity contribution >= 4 is 11.8 Å². The van der Waals surface area contributed by atoms with Gasteiger partial charge >= 0.3 is 0 Å². The van der Waals surface area contributed by atoms with Crippen LogP contribution in [0.3, 0.4) is 0 Å². The summed E-state index contributed by atoms with van der Waals surface area (Å²) < 4.78 is 2.24. The van der Waals surface area contributed by atoms with Gasteiger partial charge in [0.15, 0.2) is 0 Å². The monoisotopic (exact) mass is 309 g/mol. The number of hydrogen-bond donors (Lipinski definition) is 0. The van der Waals surface area contributed by atoms with Crippen molar-refractivity contribution in [2.75, 3.05) is 6.26 Å². The smallest absolute Gasteiger partial charge is 0.140 e. The van der Waals surface area contributed by atoms with Gasteiger partial charge in [-0.15, -0.1) is 11.8 Å². The molecule has 0 saturated heterocycles. The minimum Gasteiger partial charge on any atom is -0.328 e. The predicted molar refractivity (Wildman–Crippen MR) is 92.1 cm³/mol. The summed E-state index contributed by atoms with van der Waals surface area (Å²) in [5.41, 5.74) is 2.45. The predicted octanol–water partition coefficient (Wildman–Crippen LogP) is 4.47. The molecule has 22 heavy (non-hydrogen) atoms. The van der Waals surface area contributed by atoms with Crippen molar-refractivity contribution in [3.8, 4) is 11.4 Å². The number of imidazole rings is 1. The van der Waals surface area contributed by atoms with Crippen LogP contribution in [0.4, 0.5) is 0 Å². The largest absolute Gasteiger partial charge is 0.328 e. The van der Waals surface area contributed by atoms with Crippen LogP contribution in [-0.2, 0) is 6.42 Å². The van der Waals surface area contributed by atoms with Gasteiger partial charge in [0.25, 0.3) is 0 Å². The van der Waals surface area contributed by atoms with Crippen LogP contribution in [0.25, 0.3) is 11.4 Å². The zero-order valence-electron chi connectivity index (χ0n) is 12.8. The first-order valence-corrected chi connectivity index (χ1v) is 8.56. The number of thioether (sulfide) groups is 1. The van der Waals surface area contributed by atoms with Crippen molar-refractivity contribution < 1.29 is 0 Å².